The predicted molar refractivity (Wildman–Crippen MR) is 74.8 cm³/mol. The van der Waals surface area contributed by atoms with Crippen LogP contribution in [-0.4, -0.2) is 10.4 Å². The second-order valence-electron chi connectivity index (χ2n) is 4.88. The third-order valence-corrected chi connectivity index (χ3v) is 3.25. The standard InChI is InChI=1S/C17H15NO/c19-17(15-8-9-15)16-10-12-18(13-16)11-4-7-14-5-2-1-3-6-14/h1-3,5-6,10,12-13,15H,8-9,11H2. The Morgan fingerprint density at radius 1 is 1.21 bits per heavy atom. The largest absolute Gasteiger partial charge is 0.342 e. The first-order chi connectivity index (χ1) is 9.33. The van der Waals surface area contributed by atoms with Gasteiger partial charge in [-0.3, -0.25) is 4.79 Å². The van der Waals surface area contributed by atoms with Gasteiger partial charge in [0.05, 0.1) is 6.54 Å². The fourth-order valence-electron chi connectivity index (χ4n) is 2.02. The van der Waals surface area contributed by atoms with Crippen LogP contribution in [0, 0.1) is 17.8 Å². The maximum Gasteiger partial charge on any atom is 0.167 e. The van der Waals surface area contributed by atoms with E-state index in [1.165, 1.54) is 0 Å². The molecule has 0 radical (unpaired) electrons. The Hall–Kier alpha value is -2.27. The molecule has 1 aliphatic carbocycles. The zero-order valence-corrected chi connectivity index (χ0v) is 10.7. The SMILES string of the molecule is O=C(c1ccn(CC#Cc2ccccc2)c1)C1CC1. The highest BCUT2D eigenvalue weighted by Crippen LogP contribution is 2.32. The van der Waals surface area contributed by atoms with Crippen LogP contribution in [0.1, 0.15) is 28.8 Å². The molecule has 0 spiro atoms. The van der Waals surface area contributed by atoms with Gasteiger partial charge in [0, 0.05) is 29.4 Å². The molecule has 1 fully saturated rings. The first-order valence-corrected chi connectivity index (χ1v) is 6.57. The Balaban J connectivity index is 1.64. The maximum absolute atomic E-state index is 11.9. The van der Waals surface area contributed by atoms with Crippen molar-refractivity contribution in [1.29, 1.82) is 0 Å². The molecule has 0 bridgehead atoms. The van der Waals surface area contributed by atoms with Crippen LogP contribution >= 0.6 is 0 Å². The van der Waals surface area contributed by atoms with E-state index in [0.29, 0.717) is 6.54 Å². The summed E-state index contributed by atoms with van der Waals surface area (Å²) in [5.74, 6) is 6.80. The number of hydrogen-bond acceptors (Lipinski definition) is 1. The molecule has 19 heavy (non-hydrogen) atoms. The minimum absolute atomic E-state index is 0.284. The normalized spacial score (nSPS) is 13.7. The van der Waals surface area contributed by atoms with Crippen LogP contribution in [0.2, 0.25) is 0 Å². The van der Waals surface area contributed by atoms with Crippen molar-refractivity contribution in [2.75, 3.05) is 0 Å². The molecular weight excluding hydrogens is 234 g/mol. The van der Waals surface area contributed by atoms with Gasteiger partial charge >= 0.3 is 0 Å². The van der Waals surface area contributed by atoms with E-state index in [2.05, 4.69) is 11.8 Å². The molecule has 0 atom stereocenters. The molecule has 3 rings (SSSR count). The molecule has 0 unspecified atom stereocenters. The summed E-state index contributed by atoms with van der Waals surface area (Å²) in [6, 6.07) is 11.8. The van der Waals surface area contributed by atoms with Gasteiger partial charge in [0.1, 0.15) is 0 Å². The summed E-state index contributed by atoms with van der Waals surface area (Å²) in [6.45, 7) is 0.618. The van der Waals surface area contributed by atoms with Gasteiger partial charge in [-0.1, -0.05) is 30.0 Å². The number of carbonyl (C=O) groups is 1. The summed E-state index contributed by atoms with van der Waals surface area (Å²) < 4.78 is 1.96. The fourth-order valence-corrected chi connectivity index (χ4v) is 2.02. The first-order valence-electron chi connectivity index (χ1n) is 6.57. The van der Waals surface area contributed by atoms with E-state index in [-0.39, 0.29) is 11.7 Å². The number of nitrogens with zero attached hydrogens (tertiary/aromatic N) is 1. The van der Waals surface area contributed by atoms with Crippen LogP contribution in [0.5, 0.6) is 0 Å². The molecule has 0 amide bonds. The molecule has 94 valence electrons. The Morgan fingerprint density at radius 2 is 2.00 bits per heavy atom. The van der Waals surface area contributed by atoms with Gasteiger partial charge in [-0.25, -0.2) is 0 Å². The van der Waals surface area contributed by atoms with E-state index in [1.807, 2.05) is 53.4 Å². The van der Waals surface area contributed by atoms with Crippen molar-refractivity contribution in [3.8, 4) is 11.8 Å². The predicted octanol–water partition coefficient (Wildman–Crippen LogP) is 3.13. The smallest absolute Gasteiger partial charge is 0.167 e. The lowest BCUT2D eigenvalue weighted by atomic mass is 10.1. The minimum atomic E-state index is 0.284. The monoisotopic (exact) mass is 249 g/mol. The summed E-state index contributed by atoms with van der Waals surface area (Å²) >= 11 is 0. The fraction of sp³-hybridized carbons (Fsp3) is 0.235. The van der Waals surface area contributed by atoms with Crippen molar-refractivity contribution in [1.82, 2.24) is 4.57 Å². The highest BCUT2D eigenvalue weighted by molar-refractivity contribution is 5.99. The molecule has 0 N–H and O–H groups in total. The van der Waals surface area contributed by atoms with Crippen LogP contribution in [0.3, 0.4) is 0 Å². The van der Waals surface area contributed by atoms with Gasteiger partial charge < -0.3 is 4.57 Å². The van der Waals surface area contributed by atoms with E-state index in [4.69, 9.17) is 0 Å². The van der Waals surface area contributed by atoms with E-state index >= 15 is 0 Å². The number of hydrogen-bond donors (Lipinski definition) is 0. The average Bonchev–Trinajstić information content (AvgIpc) is 3.19. The molecule has 1 aromatic carbocycles. The third-order valence-electron chi connectivity index (χ3n) is 3.25. The van der Waals surface area contributed by atoms with Gasteiger partial charge in [0.15, 0.2) is 5.78 Å². The molecule has 1 saturated carbocycles. The topological polar surface area (TPSA) is 22.0 Å². The van der Waals surface area contributed by atoms with E-state index in [0.717, 1.165) is 24.0 Å². The molecule has 0 aliphatic heterocycles. The molecule has 2 heteroatoms. The number of ketones is 1. The van der Waals surface area contributed by atoms with E-state index in [9.17, 15) is 4.79 Å². The van der Waals surface area contributed by atoms with Crippen LogP contribution in [0.4, 0.5) is 0 Å². The van der Waals surface area contributed by atoms with Crippen molar-refractivity contribution in [2.24, 2.45) is 5.92 Å². The number of aromatic nitrogens is 1. The van der Waals surface area contributed by atoms with Gasteiger partial charge in [0.25, 0.3) is 0 Å². The molecule has 1 heterocycles. The van der Waals surface area contributed by atoms with Gasteiger partial charge in [-0.2, -0.15) is 0 Å². The van der Waals surface area contributed by atoms with E-state index in [1.54, 1.807) is 0 Å². The summed E-state index contributed by atoms with van der Waals surface area (Å²) in [7, 11) is 0. The van der Waals surface area contributed by atoms with Crippen molar-refractivity contribution >= 4 is 5.78 Å². The van der Waals surface area contributed by atoms with Crippen molar-refractivity contribution < 1.29 is 4.79 Å². The zero-order valence-electron chi connectivity index (χ0n) is 10.7. The minimum Gasteiger partial charge on any atom is -0.342 e. The number of Topliss-reactive ketones (excluding diaryl/α,β-unsaturated/α-hetero) is 1. The van der Waals surface area contributed by atoms with Gasteiger partial charge in [-0.05, 0) is 31.0 Å². The van der Waals surface area contributed by atoms with Crippen LogP contribution < -0.4 is 0 Å². The number of rotatable bonds is 3. The van der Waals surface area contributed by atoms with Crippen molar-refractivity contribution in [2.45, 2.75) is 19.4 Å². The summed E-state index contributed by atoms with van der Waals surface area (Å²) in [4.78, 5) is 11.9. The van der Waals surface area contributed by atoms with Crippen LogP contribution in [0.15, 0.2) is 48.8 Å². The molecule has 2 aromatic rings. The average molecular weight is 249 g/mol. The second kappa shape index (κ2) is 5.16. The number of benzene rings is 1. The van der Waals surface area contributed by atoms with Crippen LogP contribution in [-0.2, 0) is 6.54 Å². The van der Waals surface area contributed by atoms with E-state index < -0.39 is 0 Å². The Labute approximate surface area is 113 Å². The quantitative estimate of drug-likeness (QED) is 0.605. The Kier molecular flexibility index (Phi) is 3.20. The lowest BCUT2D eigenvalue weighted by molar-refractivity contribution is 0.0967. The lowest BCUT2D eigenvalue weighted by Crippen LogP contribution is -1.99. The zero-order chi connectivity index (χ0) is 13.1. The highest BCUT2D eigenvalue weighted by atomic mass is 16.1. The molecular formula is C17H15NO. The number of carbonyl (C=O) groups excluding carboxylic acids is 1. The van der Waals surface area contributed by atoms with Gasteiger partial charge in [-0.15, -0.1) is 0 Å². The van der Waals surface area contributed by atoms with Crippen LogP contribution in [0.25, 0.3) is 0 Å². The highest BCUT2D eigenvalue weighted by Gasteiger charge is 2.30. The van der Waals surface area contributed by atoms with Crippen molar-refractivity contribution in [3.05, 3.63) is 59.9 Å². The molecule has 0 saturated heterocycles. The second-order valence-corrected chi connectivity index (χ2v) is 4.88. The molecule has 1 aliphatic rings. The summed E-state index contributed by atoms with van der Waals surface area (Å²) in [5.41, 5.74) is 1.84. The Morgan fingerprint density at radius 3 is 2.74 bits per heavy atom. The van der Waals surface area contributed by atoms with Gasteiger partial charge in [0.2, 0.25) is 0 Å². The van der Waals surface area contributed by atoms with Crippen molar-refractivity contribution in [3.63, 3.8) is 0 Å². The Bertz CT molecular complexity index is 639. The third kappa shape index (κ3) is 2.95. The maximum atomic E-state index is 11.9. The lowest BCUT2D eigenvalue weighted by Gasteiger charge is -1.94. The summed E-state index contributed by atoms with van der Waals surface area (Å²) in [6.07, 6.45) is 5.94. The summed E-state index contributed by atoms with van der Waals surface area (Å²) in [5, 5.41) is 0. The molecule has 1 aromatic heterocycles. The first kappa shape index (κ1) is 11.8. The molecule has 2 nitrogen and oxygen atoms in total.